The monoisotopic (exact) mass is 304 g/mol. The smallest absolute Gasteiger partial charge is 0.209 e. The summed E-state index contributed by atoms with van der Waals surface area (Å²) < 4.78 is 5.36. The Labute approximate surface area is 125 Å². The van der Waals surface area contributed by atoms with E-state index in [4.69, 9.17) is 22.2 Å². The van der Waals surface area contributed by atoms with Crippen LogP contribution in [-0.4, -0.2) is 34.0 Å². The summed E-state index contributed by atoms with van der Waals surface area (Å²) in [4.78, 5) is 9.84. The van der Waals surface area contributed by atoms with E-state index in [2.05, 4.69) is 12.1 Å². The van der Waals surface area contributed by atoms with Crippen LogP contribution in [0.1, 0.15) is 58.3 Å². The summed E-state index contributed by atoms with van der Waals surface area (Å²) in [5, 5.41) is 22.5. The number of hydrogen-bond acceptors (Lipinski definition) is 6. The van der Waals surface area contributed by atoms with Gasteiger partial charge in [0.25, 0.3) is 0 Å². The van der Waals surface area contributed by atoms with Crippen molar-refractivity contribution in [2.75, 3.05) is 13.2 Å². The summed E-state index contributed by atoms with van der Waals surface area (Å²) in [5.41, 5.74) is 0.394. The minimum Gasteiger partial charge on any atom is -0.482 e. The van der Waals surface area contributed by atoms with E-state index >= 15 is 0 Å². The van der Waals surface area contributed by atoms with Crippen molar-refractivity contribution in [3.8, 4) is 0 Å². The van der Waals surface area contributed by atoms with Gasteiger partial charge in [-0.25, -0.2) is 0 Å². The molecule has 0 aromatic rings. The lowest BCUT2D eigenvalue weighted by molar-refractivity contribution is -0.480. The third-order valence-corrected chi connectivity index (χ3v) is 3.20. The predicted octanol–water partition coefficient (Wildman–Crippen LogP) is 3.58. The molecule has 20 heavy (non-hydrogen) atoms. The van der Waals surface area contributed by atoms with Crippen LogP contribution in [0.5, 0.6) is 0 Å². The lowest BCUT2D eigenvalue weighted by Gasteiger charge is -2.08. The van der Waals surface area contributed by atoms with E-state index in [-0.39, 0.29) is 16.5 Å². The first-order valence-electron chi connectivity index (χ1n) is 7.11. The van der Waals surface area contributed by atoms with E-state index in [1.54, 1.807) is 0 Å². The summed E-state index contributed by atoms with van der Waals surface area (Å²) in [7, 11) is 0. The quantitative estimate of drug-likeness (QED) is 0.149. The zero-order valence-corrected chi connectivity index (χ0v) is 12.9. The summed E-state index contributed by atoms with van der Waals surface area (Å²) in [6, 6.07) is 0. The van der Waals surface area contributed by atoms with Gasteiger partial charge in [-0.15, -0.1) is 0 Å². The Kier molecular flexibility index (Phi) is 12.0. The number of thiocarbonyl (C=S) groups is 1. The molecule has 7 heteroatoms. The van der Waals surface area contributed by atoms with Crippen molar-refractivity contribution in [1.29, 1.82) is 0 Å². The highest BCUT2D eigenvalue weighted by Gasteiger charge is 2.09. The van der Waals surface area contributed by atoms with Crippen LogP contribution in [0.15, 0.2) is 5.16 Å². The average molecular weight is 304 g/mol. The van der Waals surface area contributed by atoms with Crippen LogP contribution in [-0.2, 0) is 4.74 Å². The highest BCUT2D eigenvalue weighted by molar-refractivity contribution is 7.81. The predicted molar refractivity (Wildman–Crippen MR) is 82.2 cm³/mol. The molecular formula is C13H24N2O4S. The number of nitrogens with zero attached hydrogens (tertiary/aromatic N) is 2. The van der Waals surface area contributed by atoms with Gasteiger partial charge in [0.15, 0.2) is 0 Å². The highest BCUT2D eigenvalue weighted by atomic mass is 32.1. The van der Waals surface area contributed by atoms with Gasteiger partial charge >= 0.3 is 0 Å². The second kappa shape index (κ2) is 12.8. The maximum atomic E-state index is 10.1. The lowest BCUT2D eigenvalue weighted by atomic mass is 10.1. The van der Waals surface area contributed by atoms with Crippen molar-refractivity contribution < 1.29 is 14.9 Å². The number of rotatable bonds is 12. The van der Waals surface area contributed by atoms with E-state index in [0.29, 0.717) is 25.2 Å². The molecule has 0 bridgehead atoms. The lowest BCUT2D eigenvalue weighted by Crippen LogP contribution is -2.16. The molecule has 0 radical (unpaired) electrons. The van der Waals surface area contributed by atoms with Gasteiger partial charge in [0, 0.05) is 11.3 Å². The maximum absolute atomic E-state index is 10.1. The van der Waals surface area contributed by atoms with Crippen LogP contribution in [0.4, 0.5) is 0 Å². The van der Waals surface area contributed by atoms with E-state index < -0.39 is 0 Å². The van der Waals surface area contributed by atoms with Crippen LogP contribution in [0.2, 0.25) is 0 Å². The molecule has 0 aliphatic carbocycles. The molecule has 0 rings (SSSR count). The van der Waals surface area contributed by atoms with Gasteiger partial charge in [0.2, 0.25) is 11.6 Å². The first-order chi connectivity index (χ1) is 9.61. The molecule has 116 valence electrons. The standard InChI is InChI=1S/C13H24N2O4S/c1-2-3-8-11-19-13(20)12(14-16)9-6-4-5-7-10-15(17)18/h16H,2-11H2,1H3. The second-order valence-electron chi connectivity index (χ2n) is 4.61. The Hall–Kier alpha value is -1.24. The van der Waals surface area contributed by atoms with Gasteiger partial charge in [-0.1, -0.05) is 31.3 Å². The van der Waals surface area contributed by atoms with E-state index in [1.165, 1.54) is 0 Å². The van der Waals surface area contributed by atoms with Gasteiger partial charge in [-0.2, -0.15) is 0 Å². The molecule has 0 saturated carbocycles. The number of hydrogen-bond donors (Lipinski definition) is 1. The molecule has 0 aliphatic rings. The molecule has 0 unspecified atom stereocenters. The normalized spacial score (nSPS) is 11.3. The Morgan fingerprint density at radius 2 is 1.95 bits per heavy atom. The van der Waals surface area contributed by atoms with Crippen molar-refractivity contribution in [2.24, 2.45) is 5.16 Å². The van der Waals surface area contributed by atoms with Crippen molar-refractivity contribution in [2.45, 2.75) is 58.3 Å². The average Bonchev–Trinajstić information content (AvgIpc) is 2.42. The second-order valence-corrected chi connectivity index (χ2v) is 4.98. The fourth-order valence-electron chi connectivity index (χ4n) is 1.68. The largest absolute Gasteiger partial charge is 0.482 e. The van der Waals surface area contributed by atoms with Crippen LogP contribution in [0.25, 0.3) is 0 Å². The van der Waals surface area contributed by atoms with Crippen LogP contribution in [0.3, 0.4) is 0 Å². The van der Waals surface area contributed by atoms with Gasteiger partial charge in [-0.05, 0) is 37.9 Å². The first-order valence-corrected chi connectivity index (χ1v) is 7.52. The molecule has 6 nitrogen and oxygen atoms in total. The zero-order valence-electron chi connectivity index (χ0n) is 12.0. The summed E-state index contributed by atoms with van der Waals surface area (Å²) in [6.07, 6.45) is 6.70. The maximum Gasteiger partial charge on any atom is 0.209 e. The molecule has 0 spiro atoms. The van der Waals surface area contributed by atoms with Gasteiger partial charge in [0.05, 0.1) is 6.61 Å². The molecule has 0 aromatic heterocycles. The Bertz CT molecular complexity index is 321. The summed E-state index contributed by atoms with van der Waals surface area (Å²) in [5.74, 6) is 0. The van der Waals surface area contributed by atoms with Gasteiger partial charge in [0.1, 0.15) is 5.71 Å². The summed E-state index contributed by atoms with van der Waals surface area (Å²) >= 11 is 5.06. The molecule has 1 N–H and O–H groups in total. The zero-order chi connectivity index (χ0) is 15.2. The first kappa shape index (κ1) is 18.8. The van der Waals surface area contributed by atoms with E-state index in [1.807, 2.05) is 0 Å². The minimum atomic E-state index is -0.306. The SMILES string of the molecule is CCCCCOC(=S)C(CCCCCC[N+](=O)[O-])=NO. The van der Waals surface area contributed by atoms with Gasteiger partial charge < -0.3 is 9.94 Å². The Morgan fingerprint density at radius 1 is 1.25 bits per heavy atom. The topological polar surface area (TPSA) is 85.0 Å². The minimum absolute atomic E-state index is 0.0138. The van der Waals surface area contributed by atoms with Crippen molar-refractivity contribution in [1.82, 2.24) is 0 Å². The summed E-state index contributed by atoms with van der Waals surface area (Å²) in [6.45, 7) is 2.67. The van der Waals surface area contributed by atoms with Crippen molar-refractivity contribution in [3.63, 3.8) is 0 Å². The number of nitro groups is 1. The van der Waals surface area contributed by atoms with E-state index in [0.717, 1.165) is 38.5 Å². The van der Waals surface area contributed by atoms with Crippen molar-refractivity contribution in [3.05, 3.63) is 10.1 Å². The molecule has 0 atom stereocenters. The molecule has 0 aliphatic heterocycles. The molecule has 0 amide bonds. The molecular weight excluding hydrogens is 280 g/mol. The van der Waals surface area contributed by atoms with Crippen molar-refractivity contribution >= 4 is 23.0 Å². The highest BCUT2D eigenvalue weighted by Crippen LogP contribution is 2.06. The van der Waals surface area contributed by atoms with Gasteiger partial charge in [-0.3, -0.25) is 10.1 Å². The van der Waals surface area contributed by atoms with Crippen LogP contribution in [0, 0.1) is 10.1 Å². The Balaban J connectivity index is 3.70. The molecule has 0 aromatic carbocycles. The number of unbranched alkanes of at least 4 members (excludes halogenated alkanes) is 5. The van der Waals surface area contributed by atoms with Crippen LogP contribution < -0.4 is 0 Å². The fourth-order valence-corrected chi connectivity index (χ4v) is 1.91. The fraction of sp³-hybridized carbons (Fsp3) is 0.846. The van der Waals surface area contributed by atoms with E-state index in [9.17, 15) is 10.1 Å². The number of oxime groups is 1. The number of ether oxygens (including phenoxy) is 1. The third-order valence-electron chi connectivity index (χ3n) is 2.84. The molecule has 0 heterocycles. The molecule has 0 saturated heterocycles. The van der Waals surface area contributed by atoms with Crippen LogP contribution >= 0.6 is 12.2 Å². The molecule has 0 fully saturated rings. The third kappa shape index (κ3) is 10.7. The Morgan fingerprint density at radius 3 is 2.55 bits per heavy atom.